The molecule has 2 aromatic rings. The molecule has 1 aromatic carbocycles. The zero-order valence-electron chi connectivity index (χ0n) is 16.0. The Hall–Kier alpha value is -2.41. The minimum absolute atomic E-state index is 0.580. The standard InChI is InChI=1S/C19H30N6O/c1-4-26-13-9-8-12-20-19(21-14-17-10-6-5-7-11-17)22-15-18-24-23-16(2)25(18)3/h5-7,10-11H,4,8-9,12-15H2,1-3H3,(H2,20,21,22). The lowest BCUT2D eigenvalue weighted by Gasteiger charge is -2.12. The summed E-state index contributed by atoms with van der Waals surface area (Å²) in [4.78, 5) is 4.69. The summed E-state index contributed by atoms with van der Waals surface area (Å²) in [6.45, 7) is 7.61. The highest BCUT2D eigenvalue weighted by Gasteiger charge is 2.06. The largest absolute Gasteiger partial charge is 0.382 e. The second kappa shape index (κ2) is 11.3. The van der Waals surface area contributed by atoms with Gasteiger partial charge in [-0.1, -0.05) is 30.3 Å². The fraction of sp³-hybridized carbons (Fsp3) is 0.526. The number of nitrogens with zero attached hydrogens (tertiary/aromatic N) is 4. The molecule has 0 fully saturated rings. The second-order valence-corrected chi connectivity index (χ2v) is 6.06. The first-order valence-corrected chi connectivity index (χ1v) is 9.19. The van der Waals surface area contributed by atoms with Gasteiger partial charge in [0.05, 0.1) is 13.1 Å². The maximum absolute atomic E-state index is 5.38. The molecule has 0 spiro atoms. The van der Waals surface area contributed by atoms with Gasteiger partial charge < -0.3 is 19.9 Å². The molecule has 1 heterocycles. The van der Waals surface area contributed by atoms with E-state index in [1.807, 2.05) is 43.7 Å². The minimum Gasteiger partial charge on any atom is -0.382 e. The molecule has 7 heteroatoms. The Bertz CT molecular complexity index is 668. The third-order valence-electron chi connectivity index (χ3n) is 4.07. The van der Waals surface area contributed by atoms with Crippen LogP contribution < -0.4 is 10.6 Å². The van der Waals surface area contributed by atoms with Gasteiger partial charge in [-0.3, -0.25) is 0 Å². The van der Waals surface area contributed by atoms with Crippen molar-refractivity contribution < 1.29 is 4.74 Å². The molecular weight excluding hydrogens is 328 g/mol. The van der Waals surface area contributed by atoms with Crippen molar-refractivity contribution in [2.24, 2.45) is 12.0 Å². The number of hydrogen-bond acceptors (Lipinski definition) is 4. The Morgan fingerprint density at radius 1 is 1.15 bits per heavy atom. The van der Waals surface area contributed by atoms with Crippen molar-refractivity contribution in [2.45, 2.75) is 39.8 Å². The van der Waals surface area contributed by atoms with E-state index in [1.54, 1.807) is 0 Å². The number of hydrogen-bond donors (Lipinski definition) is 2. The topological polar surface area (TPSA) is 76.4 Å². The van der Waals surface area contributed by atoms with E-state index in [2.05, 4.69) is 38.0 Å². The third kappa shape index (κ3) is 6.84. The van der Waals surface area contributed by atoms with Crippen molar-refractivity contribution >= 4 is 5.96 Å². The zero-order chi connectivity index (χ0) is 18.6. The van der Waals surface area contributed by atoms with Crippen LogP contribution in [0.15, 0.2) is 35.3 Å². The number of nitrogens with one attached hydrogen (secondary N) is 2. The molecule has 0 aliphatic heterocycles. The maximum atomic E-state index is 5.38. The number of unbranched alkanes of at least 4 members (excludes halogenated alkanes) is 1. The van der Waals surface area contributed by atoms with E-state index >= 15 is 0 Å². The molecule has 142 valence electrons. The lowest BCUT2D eigenvalue weighted by molar-refractivity contribution is 0.143. The highest BCUT2D eigenvalue weighted by Crippen LogP contribution is 2.01. The molecule has 0 aliphatic rings. The van der Waals surface area contributed by atoms with Gasteiger partial charge in [0.25, 0.3) is 0 Å². The molecule has 7 nitrogen and oxygen atoms in total. The quantitative estimate of drug-likeness (QED) is 0.387. The predicted octanol–water partition coefficient (Wildman–Crippen LogP) is 2.18. The smallest absolute Gasteiger partial charge is 0.191 e. The van der Waals surface area contributed by atoms with Gasteiger partial charge in [0.1, 0.15) is 5.82 Å². The summed E-state index contributed by atoms with van der Waals surface area (Å²) in [5, 5.41) is 15.0. The normalized spacial score (nSPS) is 11.6. The van der Waals surface area contributed by atoms with Crippen LogP contribution in [0.1, 0.15) is 37.0 Å². The van der Waals surface area contributed by atoms with Gasteiger partial charge >= 0.3 is 0 Å². The Labute approximate surface area is 155 Å². The molecular formula is C19H30N6O. The number of aromatic nitrogens is 3. The summed E-state index contributed by atoms with van der Waals surface area (Å²) >= 11 is 0. The molecule has 0 saturated carbocycles. The monoisotopic (exact) mass is 358 g/mol. The van der Waals surface area contributed by atoms with Crippen molar-refractivity contribution in [3.8, 4) is 0 Å². The van der Waals surface area contributed by atoms with Gasteiger partial charge in [-0.2, -0.15) is 0 Å². The van der Waals surface area contributed by atoms with Gasteiger partial charge in [0, 0.05) is 26.8 Å². The molecule has 0 bridgehead atoms. The number of aliphatic imine (C=N–C) groups is 1. The molecule has 1 aromatic heterocycles. The average molecular weight is 358 g/mol. The number of guanidine groups is 1. The van der Waals surface area contributed by atoms with Crippen molar-refractivity contribution in [3.63, 3.8) is 0 Å². The molecule has 0 radical (unpaired) electrons. The van der Waals surface area contributed by atoms with Crippen LogP contribution in [0, 0.1) is 6.92 Å². The number of rotatable bonds is 10. The van der Waals surface area contributed by atoms with E-state index in [1.165, 1.54) is 5.56 Å². The summed E-state index contributed by atoms with van der Waals surface area (Å²) in [6, 6.07) is 10.2. The van der Waals surface area contributed by atoms with Crippen molar-refractivity contribution in [2.75, 3.05) is 19.8 Å². The lowest BCUT2D eigenvalue weighted by atomic mass is 10.2. The third-order valence-corrected chi connectivity index (χ3v) is 4.07. The fourth-order valence-electron chi connectivity index (χ4n) is 2.38. The van der Waals surface area contributed by atoms with Crippen LogP contribution in [0.2, 0.25) is 0 Å². The first kappa shape index (κ1) is 19.9. The second-order valence-electron chi connectivity index (χ2n) is 6.06. The lowest BCUT2D eigenvalue weighted by Crippen LogP contribution is -2.38. The SMILES string of the molecule is CCOCCCCNC(=NCc1ccccc1)NCc1nnc(C)n1C. The van der Waals surface area contributed by atoms with Gasteiger partial charge in [-0.25, -0.2) is 4.99 Å². The van der Waals surface area contributed by atoms with Crippen molar-refractivity contribution in [1.29, 1.82) is 0 Å². The predicted molar refractivity (Wildman–Crippen MR) is 104 cm³/mol. The molecule has 26 heavy (non-hydrogen) atoms. The Balaban J connectivity index is 1.88. The van der Waals surface area contributed by atoms with Crippen LogP contribution in [0.5, 0.6) is 0 Å². The Morgan fingerprint density at radius 3 is 2.65 bits per heavy atom. The van der Waals surface area contributed by atoms with E-state index in [4.69, 9.17) is 4.74 Å². The van der Waals surface area contributed by atoms with E-state index in [0.29, 0.717) is 13.1 Å². The summed E-state index contributed by atoms with van der Waals surface area (Å²) in [5.41, 5.74) is 1.18. The molecule has 0 atom stereocenters. The van der Waals surface area contributed by atoms with Gasteiger partial charge in [0.2, 0.25) is 0 Å². The van der Waals surface area contributed by atoms with E-state index in [0.717, 1.165) is 50.2 Å². The minimum atomic E-state index is 0.580. The molecule has 0 amide bonds. The Morgan fingerprint density at radius 2 is 1.96 bits per heavy atom. The van der Waals surface area contributed by atoms with Crippen LogP contribution in [0.3, 0.4) is 0 Å². The molecule has 2 rings (SSSR count). The highest BCUT2D eigenvalue weighted by atomic mass is 16.5. The number of ether oxygens (including phenoxy) is 1. The first-order chi connectivity index (χ1) is 12.7. The van der Waals surface area contributed by atoms with Crippen molar-refractivity contribution in [3.05, 3.63) is 47.5 Å². The van der Waals surface area contributed by atoms with Crippen LogP contribution in [-0.2, 0) is 24.9 Å². The van der Waals surface area contributed by atoms with Gasteiger partial charge in [0.15, 0.2) is 11.8 Å². The van der Waals surface area contributed by atoms with E-state index < -0.39 is 0 Å². The first-order valence-electron chi connectivity index (χ1n) is 9.19. The Kier molecular flexibility index (Phi) is 8.62. The van der Waals surface area contributed by atoms with Gasteiger partial charge in [-0.15, -0.1) is 10.2 Å². The summed E-state index contributed by atoms with van der Waals surface area (Å²) < 4.78 is 7.35. The van der Waals surface area contributed by atoms with Crippen molar-refractivity contribution in [1.82, 2.24) is 25.4 Å². The number of benzene rings is 1. The highest BCUT2D eigenvalue weighted by molar-refractivity contribution is 5.79. The molecule has 2 N–H and O–H groups in total. The zero-order valence-corrected chi connectivity index (χ0v) is 16.0. The summed E-state index contributed by atoms with van der Waals surface area (Å²) in [7, 11) is 1.97. The maximum Gasteiger partial charge on any atom is 0.191 e. The molecule has 0 saturated heterocycles. The van der Waals surface area contributed by atoms with Gasteiger partial charge in [-0.05, 0) is 32.3 Å². The van der Waals surface area contributed by atoms with Crippen LogP contribution >= 0.6 is 0 Å². The van der Waals surface area contributed by atoms with E-state index in [9.17, 15) is 0 Å². The summed E-state index contributed by atoms with van der Waals surface area (Å²) in [6.07, 6.45) is 2.07. The fourth-order valence-corrected chi connectivity index (χ4v) is 2.38. The average Bonchev–Trinajstić information content (AvgIpc) is 2.99. The van der Waals surface area contributed by atoms with Crippen LogP contribution in [0.25, 0.3) is 0 Å². The van der Waals surface area contributed by atoms with Crippen LogP contribution in [0.4, 0.5) is 0 Å². The van der Waals surface area contributed by atoms with Crippen LogP contribution in [-0.4, -0.2) is 40.5 Å². The number of aryl methyl sites for hydroxylation is 1. The summed E-state index contributed by atoms with van der Waals surface area (Å²) in [5.74, 6) is 2.56. The van der Waals surface area contributed by atoms with E-state index in [-0.39, 0.29) is 0 Å². The molecule has 0 unspecified atom stereocenters. The molecule has 0 aliphatic carbocycles.